The fourth-order valence-corrected chi connectivity index (χ4v) is 1.84. The Morgan fingerprint density at radius 3 is 2.90 bits per heavy atom. The van der Waals surface area contributed by atoms with Crippen LogP contribution in [0.15, 0.2) is 36.7 Å². The summed E-state index contributed by atoms with van der Waals surface area (Å²) in [6, 6.07) is 7.16. The van der Waals surface area contributed by atoms with Gasteiger partial charge in [0.05, 0.1) is 35.4 Å². The predicted octanol–water partition coefficient (Wildman–Crippen LogP) is 2.89. The average Bonchev–Trinajstić information content (AvgIpc) is 2.41. The molecule has 0 atom stereocenters. The number of carbonyl (C=O) groups is 1. The summed E-state index contributed by atoms with van der Waals surface area (Å²) in [6.45, 7) is 4.03. The zero-order valence-electron chi connectivity index (χ0n) is 11.5. The van der Waals surface area contributed by atoms with Crippen LogP contribution in [-0.2, 0) is 4.74 Å². The number of hydrogen-bond donors (Lipinski definition) is 2. The lowest BCUT2D eigenvalue weighted by molar-refractivity contribution is 0.0527. The van der Waals surface area contributed by atoms with E-state index in [0.29, 0.717) is 23.5 Å². The van der Waals surface area contributed by atoms with Crippen molar-refractivity contribution in [2.45, 2.75) is 13.8 Å². The predicted molar refractivity (Wildman–Crippen MR) is 79.1 cm³/mol. The molecular formula is C15H17N3O2. The number of hydrogen-bond acceptors (Lipinski definition) is 5. The standard InChI is InChI=1S/C15H17N3O2/c1-3-20-15(19)12-5-4-6-13(14(12)16)18-11-7-10(2)8-17-9-11/h4-9,18H,3,16H2,1-2H3. The van der Waals surface area contributed by atoms with Crippen molar-refractivity contribution in [1.82, 2.24) is 4.98 Å². The molecule has 5 heteroatoms. The van der Waals surface area contributed by atoms with E-state index in [-0.39, 0.29) is 0 Å². The van der Waals surface area contributed by atoms with Crippen LogP contribution in [-0.4, -0.2) is 17.6 Å². The van der Waals surface area contributed by atoms with Gasteiger partial charge >= 0.3 is 5.97 Å². The van der Waals surface area contributed by atoms with E-state index in [1.165, 1.54) is 0 Å². The van der Waals surface area contributed by atoms with Crippen LogP contribution in [0, 0.1) is 6.92 Å². The molecule has 0 aliphatic rings. The number of esters is 1. The minimum Gasteiger partial charge on any atom is -0.462 e. The van der Waals surface area contributed by atoms with Gasteiger partial charge < -0.3 is 15.8 Å². The SMILES string of the molecule is CCOC(=O)c1cccc(Nc2cncc(C)c2)c1N. The van der Waals surface area contributed by atoms with E-state index in [9.17, 15) is 4.79 Å². The smallest absolute Gasteiger partial charge is 0.340 e. The summed E-state index contributed by atoms with van der Waals surface area (Å²) < 4.78 is 4.97. The van der Waals surface area contributed by atoms with Crippen LogP contribution in [0.3, 0.4) is 0 Å². The number of nitrogen functional groups attached to an aromatic ring is 1. The number of aryl methyl sites for hydroxylation is 1. The largest absolute Gasteiger partial charge is 0.462 e. The highest BCUT2D eigenvalue weighted by Gasteiger charge is 2.13. The number of para-hydroxylation sites is 1. The summed E-state index contributed by atoms with van der Waals surface area (Å²) in [6.07, 6.45) is 3.47. The summed E-state index contributed by atoms with van der Waals surface area (Å²) in [4.78, 5) is 15.9. The Morgan fingerprint density at radius 2 is 2.20 bits per heavy atom. The molecule has 20 heavy (non-hydrogen) atoms. The first-order valence-electron chi connectivity index (χ1n) is 6.36. The quantitative estimate of drug-likeness (QED) is 0.660. The first-order chi connectivity index (χ1) is 9.61. The van der Waals surface area contributed by atoms with Gasteiger partial charge in [0.25, 0.3) is 0 Å². The van der Waals surface area contributed by atoms with Crippen molar-refractivity contribution in [2.75, 3.05) is 17.7 Å². The summed E-state index contributed by atoms with van der Waals surface area (Å²) >= 11 is 0. The maximum absolute atomic E-state index is 11.8. The topological polar surface area (TPSA) is 77.2 Å². The van der Waals surface area contributed by atoms with E-state index in [4.69, 9.17) is 10.5 Å². The summed E-state index contributed by atoms with van der Waals surface area (Å²) in [5, 5.41) is 3.16. The van der Waals surface area contributed by atoms with Gasteiger partial charge in [-0.1, -0.05) is 6.07 Å². The molecular weight excluding hydrogens is 254 g/mol. The highest BCUT2D eigenvalue weighted by atomic mass is 16.5. The van der Waals surface area contributed by atoms with Crippen molar-refractivity contribution in [3.8, 4) is 0 Å². The van der Waals surface area contributed by atoms with Crippen molar-refractivity contribution in [3.05, 3.63) is 47.8 Å². The highest BCUT2D eigenvalue weighted by molar-refractivity contribution is 5.98. The van der Waals surface area contributed by atoms with Gasteiger partial charge in [-0.25, -0.2) is 4.79 Å². The van der Waals surface area contributed by atoms with Gasteiger partial charge in [0.2, 0.25) is 0 Å². The number of benzene rings is 1. The monoisotopic (exact) mass is 271 g/mol. The summed E-state index contributed by atoms with van der Waals surface area (Å²) in [5.74, 6) is -0.420. The third-order valence-electron chi connectivity index (χ3n) is 2.76. The lowest BCUT2D eigenvalue weighted by Gasteiger charge is -2.12. The molecule has 0 bridgehead atoms. The number of pyridine rings is 1. The van der Waals surface area contributed by atoms with E-state index in [0.717, 1.165) is 11.3 Å². The molecule has 0 unspecified atom stereocenters. The first kappa shape index (κ1) is 13.9. The van der Waals surface area contributed by atoms with E-state index in [1.54, 1.807) is 37.5 Å². The molecule has 1 aromatic heterocycles. The number of carbonyl (C=O) groups excluding carboxylic acids is 1. The number of nitrogens with two attached hydrogens (primary N) is 1. The number of nitrogens with zero attached hydrogens (tertiary/aromatic N) is 1. The molecule has 3 N–H and O–H groups in total. The van der Waals surface area contributed by atoms with Gasteiger partial charge in [-0.05, 0) is 37.6 Å². The van der Waals surface area contributed by atoms with Gasteiger partial charge in [0, 0.05) is 6.20 Å². The Labute approximate surface area is 117 Å². The van der Waals surface area contributed by atoms with E-state index >= 15 is 0 Å². The lowest BCUT2D eigenvalue weighted by Crippen LogP contribution is -2.09. The van der Waals surface area contributed by atoms with Crippen LogP contribution < -0.4 is 11.1 Å². The minimum atomic E-state index is -0.420. The van der Waals surface area contributed by atoms with Crippen LogP contribution in [0.1, 0.15) is 22.8 Å². The molecule has 2 aromatic rings. The summed E-state index contributed by atoms with van der Waals surface area (Å²) in [5.41, 5.74) is 9.25. The van der Waals surface area contributed by atoms with Gasteiger partial charge in [-0.15, -0.1) is 0 Å². The highest BCUT2D eigenvalue weighted by Crippen LogP contribution is 2.26. The molecule has 104 valence electrons. The lowest BCUT2D eigenvalue weighted by atomic mass is 10.1. The van der Waals surface area contributed by atoms with E-state index in [1.807, 2.05) is 13.0 Å². The minimum absolute atomic E-state index is 0.317. The molecule has 0 saturated carbocycles. The molecule has 0 aliphatic carbocycles. The normalized spacial score (nSPS) is 10.1. The van der Waals surface area contributed by atoms with Gasteiger partial charge in [0.15, 0.2) is 0 Å². The Bertz CT molecular complexity index is 626. The van der Waals surface area contributed by atoms with E-state index < -0.39 is 5.97 Å². The average molecular weight is 271 g/mol. The third kappa shape index (κ3) is 3.06. The van der Waals surface area contributed by atoms with Crippen molar-refractivity contribution in [3.63, 3.8) is 0 Å². The second kappa shape index (κ2) is 6.06. The molecule has 2 rings (SSSR count). The Hall–Kier alpha value is -2.56. The molecule has 0 radical (unpaired) electrons. The molecule has 0 spiro atoms. The maximum Gasteiger partial charge on any atom is 0.340 e. The zero-order valence-corrected chi connectivity index (χ0v) is 11.5. The fraction of sp³-hybridized carbons (Fsp3) is 0.200. The molecule has 5 nitrogen and oxygen atoms in total. The van der Waals surface area contributed by atoms with Crippen molar-refractivity contribution in [2.24, 2.45) is 0 Å². The molecule has 0 amide bonds. The van der Waals surface area contributed by atoms with Crippen LogP contribution in [0.25, 0.3) is 0 Å². The molecule has 0 fully saturated rings. The molecule has 1 heterocycles. The Morgan fingerprint density at radius 1 is 1.40 bits per heavy atom. The van der Waals surface area contributed by atoms with Crippen molar-refractivity contribution < 1.29 is 9.53 Å². The third-order valence-corrected chi connectivity index (χ3v) is 2.76. The maximum atomic E-state index is 11.8. The molecule has 0 saturated heterocycles. The van der Waals surface area contributed by atoms with Gasteiger partial charge in [-0.3, -0.25) is 4.98 Å². The van der Waals surface area contributed by atoms with Gasteiger partial charge in [0.1, 0.15) is 0 Å². The molecule has 0 aliphatic heterocycles. The van der Waals surface area contributed by atoms with Gasteiger partial charge in [-0.2, -0.15) is 0 Å². The van der Waals surface area contributed by atoms with E-state index in [2.05, 4.69) is 10.3 Å². The number of ether oxygens (including phenoxy) is 1. The Balaban J connectivity index is 2.29. The second-order valence-electron chi connectivity index (χ2n) is 4.36. The Kier molecular flexibility index (Phi) is 4.20. The van der Waals surface area contributed by atoms with Crippen LogP contribution >= 0.6 is 0 Å². The number of rotatable bonds is 4. The van der Waals surface area contributed by atoms with Crippen LogP contribution in [0.4, 0.5) is 17.1 Å². The summed E-state index contributed by atoms with van der Waals surface area (Å²) in [7, 11) is 0. The van der Waals surface area contributed by atoms with Crippen LogP contribution in [0.5, 0.6) is 0 Å². The number of anilines is 3. The number of aromatic nitrogens is 1. The second-order valence-corrected chi connectivity index (χ2v) is 4.36. The van der Waals surface area contributed by atoms with Crippen LogP contribution in [0.2, 0.25) is 0 Å². The van der Waals surface area contributed by atoms with Crippen molar-refractivity contribution >= 4 is 23.0 Å². The number of nitrogens with one attached hydrogen (secondary N) is 1. The molecule has 1 aromatic carbocycles. The zero-order chi connectivity index (χ0) is 14.5. The van der Waals surface area contributed by atoms with Crippen molar-refractivity contribution in [1.29, 1.82) is 0 Å². The fourth-order valence-electron chi connectivity index (χ4n) is 1.84. The first-order valence-corrected chi connectivity index (χ1v) is 6.36.